The Balaban J connectivity index is 1.67. The van der Waals surface area contributed by atoms with Crippen molar-refractivity contribution < 1.29 is 14.0 Å². The Kier molecular flexibility index (Phi) is 4.93. The van der Waals surface area contributed by atoms with Crippen LogP contribution in [0.3, 0.4) is 0 Å². The molecule has 128 valence electrons. The summed E-state index contributed by atoms with van der Waals surface area (Å²) >= 11 is 0. The van der Waals surface area contributed by atoms with Crippen molar-refractivity contribution in [1.29, 1.82) is 0 Å². The third-order valence-corrected chi connectivity index (χ3v) is 4.03. The van der Waals surface area contributed by atoms with Crippen LogP contribution in [0.25, 0.3) is 6.08 Å². The van der Waals surface area contributed by atoms with E-state index < -0.39 is 0 Å². The van der Waals surface area contributed by atoms with E-state index in [0.717, 1.165) is 18.4 Å². The summed E-state index contributed by atoms with van der Waals surface area (Å²) in [4.78, 5) is 23.9. The van der Waals surface area contributed by atoms with E-state index in [1.54, 1.807) is 30.3 Å². The van der Waals surface area contributed by atoms with Crippen molar-refractivity contribution in [2.24, 2.45) is 5.92 Å². The Hall–Kier alpha value is -2.95. The molecule has 0 bridgehead atoms. The van der Waals surface area contributed by atoms with Gasteiger partial charge in [0.2, 0.25) is 11.8 Å². The highest BCUT2D eigenvalue weighted by Gasteiger charge is 2.29. The van der Waals surface area contributed by atoms with Gasteiger partial charge < -0.3 is 10.6 Å². The van der Waals surface area contributed by atoms with Crippen LogP contribution < -0.4 is 10.6 Å². The van der Waals surface area contributed by atoms with Gasteiger partial charge in [0, 0.05) is 28.9 Å². The number of carbonyl (C=O) groups is 2. The molecule has 0 heterocycles. The summed E-state index contributed by atoms with van der Waals surface area (Å²) in [7, 11) is 0. The molecule has 0 aromatic heterocycles. The van der Waals surface area contributed by atoms with Crippen LogP contribution in [0.2, 0.25) is 0 Å². The van der Waals surface area contributed by atoms with Gasteiger partial charge in [-0.25, -0.2) is 4.39 Å². The molecule has 0 spiro atoms. The van der Waals surface area contributed by atoms with Crippen LogP contribution >= 0.6 is 0 Å². The van der Waals surface area contributed by atoms with Crippen LogP contribution in [0.1, 0.15) is 24.0 Å². The molecule has 0 saturated heterocycles. The molecule has 0 atom stereocenters. The fraction of sp³-hybridized carbons (Fsp3) is 0.200. The summed E-state index contributed by atoms with van der Waals surface area (Å²) in [6.07, 6.45) is 4.58. The molecule has 25 heavy (non-hydrogen) atoms. The third-order valence-electron chi connectivity index (χ3n) is 4.03. The predicted octanol–water partition coefficient (Wildman–Crippen LogP) is 4.13. The van der Waals surface area contributed by atoms with E-state index >= 15 is 0 Å². The van der Waals surface area contributed by atoms with Crippen molar-refractivity contribution in [2.45, 2.75) is 19.8 Å². The number of halogens is 1. The number of anilines is 2. The van der Waals surface area contributed by atoms with E-state index in [2.05, 4.69) is 10.6 Å². The Morgan fingerprint density at radius 3 is 2.60 bits per heavy atom. The Morgan fingerprint density at radius 1 is 1.12 bits per heavy atom. The van der Waals surface area contributed by atoms with Gasteiger partial charge >= 0.3 is 0 Å². The molecule has 4 nitrogen and oxygen atoms in total. The van der Waals surface area contributed by atoms with E-state index in [1.165, 1.54) is 18.2 Å². The van der Waals surface area contributed by atoms with E-state index in [9.17, 15) is 14.0 Å². The zero-order valence-electron chi connectivity index (χ0n) is 13.9. The summed E-state index contributed by atoms with van der Waals surface area (Å²) in [5.41, 5.74) is 2.48. The molecule has 1 aliphatic rings. The van der Waals surface area contributed by atoms with Gasteiger partial charge in [-0.2, -0.15) is 0 Å². The maximum atomic E-state index is 13.6. The Bertz CT molecular complexity index is 841. The second kappa shape index (κ2) is 7.30. The lowest BCUT2D eigenvalue weighted by atomic mass is 10.1. The second-order valence-corrected chi connectivity index (χ2v) is 6.14. The highest BCUT2D eigenvalue weighted by Crippen LogP contribution is 2.30. The lowest BCUT2D eigenvalue weighted by Crippen LogP contribution is -2.14. The molecule has 3 rings (SSSR count). The van der Waals surface area contributed by atoms with Crippen LogP contribution in [0.5, 0.6) is 0 Å². The molecule has 2 N–H and O–H groups in total. The highest BCUT2D eigenvalue weighted by molar-refractivity contribution is 6.03. The summed E-state index contributed by atoms with van der Waals surface area (Å²) in [6, 6.07) is 11.6. The lowest BCUT2D eigenvalue weighted by Gasteiger charge is -2.10. The maximum Gasteiger partial charge on any atom is 0.248 e. The van der Waals surface area contributed by atoms with Crippen LogP contribution in [0, 0.1) is 18.7 Å². The zero-order valence-corrected chi connectivity index (χ0v) is 13.9. The monoisotopic (exact) mass is 338 g/mol. The van der Waals surface area contributed by atoms with Crippen molar-refractivity contribution in [1.82, 2.24) is 0 Å². The van der Waals surface area contributed by atoms with Gasteiger partial charge in [0.1, 0.15) is 5.82 Å². The number of hydrogen-bond acceptors (Lipinski definition) is 2. The van der Waals surface area contributed by atoms with Gasteiger partial charge in [-0.05, 0) is 49.6 Å². The number of amides is 2. The summed E-state index contributed by atoms with van der Waals surface area (Å²) < 4.78 is 13.6. The first-order chi connectivity index (χ1) is 12.0. The van der Waals surface area contributed by atoms with Gasteiger partial charge in [-0.1, -0.05) is 24.3 Å². The fourth-order valence-electron chi connectivity index (χ4n) is 2.37. The largest absolute Gasteiger partial charge is 0.326 e. The predicted molar refractivity (Wildman–Crippen MR) is 96.6 cm³/mol. The molecule has 1 aliphatic carbocycles. The van der Waals surface area contributed by atoms with Gasteiger partial charge in [0.15, 0.2) is 0 Å². The van der Waals surface area contributed by atoms with E-state index in [-0.39, 0.29) is 23.5 Å². The number of hydrogen-bond donors (Lipinski definition) is 2. The molecule has 0 aliphatic heterocycles. The van der Waals surface area contributed by atoms with Crippen LogP contribution in [-0.2, 0) is 9.59 Å². The Morgan fingerprint density at radius 2 is 1.88 bits per heavy atom. The van der Waals surface area contributed by atoms with Gasteiger partial charge in [-0.15, -0.1) is 0 Å². The van der Waals surface area contributed by atoms with Crippen molar-refractivity contribution in [3.63, 3.8) is 0 Å². The molecule has 1 saturated carbocycles. The van der Waals surface area contributed by atoms with E-state index in [4.69, 9.17) is 0 Å². The first-order valence-electron chi connectivity index (χ1n) is 8.18. The fourth-order valence-corrected chi connectivity index (χ4v) is 2.37. The normalized spacial score (nSPS) is 13.7. The standard InChI is InChI=1S/C20H19FN2O2/c1-13-6-10-16(22-20(25)15-7-8-15)12-18(13)23-19(24)11-9-14-4-2-3-5-17(14)21/h2-6,9-12,15H,7-8H2,1H3,(H,22,25)(H,23,24). The zero-order chi connectivity index (χ0) is 17.8. The Labute approximate surface area is 145 Å². The first-order valence-corrected chi connectivity index (χ1v) is 8.18. The summed E-state index contributed by atoms with van der Waals surface area (Å²) in [5.74, 6) is -0.617. The number of aryl methyl sites for hydroxylation is 1. The number of nitrogens with one attached hydrogen (secondary N) is 2. The molecular weight excluding hydrogens is 319 g/mol. The van der Waals surface area contributed by atoms with Crippen molar-refractivity contribution in [2.75, 3.05) is 10.6 Å². The van der Waals surface area contributed by atoms with Crippen molar-refractivity contribution in [3.05, 3.63) is 65.5 Å². The lowest BCUT2D eigenvalue weighted by molar-refractivity contribution is -0.117. The molecular formula is C20H19FN2O2. The molecule has 0 unspecified atom stereocenters. The van der Waals surface area contributed by atoms with Crippen LogP contribution in [0.15, 0.2) is 48.5 Å². The highest BCUT2D eigenvalue weighted by atomic mass is 19.1. The number of benzene rings is 2. The molecule has 2 amide bonds. The minimum Gasteiger partial charge on any atom is -0.326 e. The average Bonchev–Trinajstić information content (AvgIpc) is 3.42. The molecule has 2 aromatic carbocycles. The third kappa shape index (κ3) is 4.53. The van der Waals surface area contributed by atoms with Crippen LogP contribution in [-0.4, -0.2) is 11.8 Å². The minimum atomic E-state index is -0.382. The second-order valence-electron chi connectivity index (χ2n) is 6.14. The van der Waals surface area contributed by atoms with Gasteiger partial charge in [-0.3, -0.25) is 9.59 Å². The maximum absolute atomic E-state index is 13.6. The minimum absolute atomic E-state index is 0.0144. The molecule has 0 radical (unpaired) electrons. The number of rotatable bonds is 5. The smallest absolute Gasteiger partial charge is 0.248 e. The molecule has 2 aromatic rings. The van der Waals surface area contributed by atoms with Crippen molar-refractivity contribution >= 4 is 29.3 Å². The van der Waals surface area contributed by atoms with Gasteiger partial charge in [0.25, 0.3) is 0 Å². The van der Waals surface area contributed by atoms with Crippen LogP contribution in [0.4, 0.5) is 15.8 Å². The summed E-state index contributed by atoms with van der Waals surface area (Å²) in [5, 5.41) is 5.61. The molecule has 5 heteroatoms. The van der Waals surface area contributed by atoms with E-state index in [0.29, 0.717) is 16.9 Å². The molecule has 1 fully saturated rings. The van der Waals surface area contributed by atoms with Crippen molar-refractivity contribution in [3.8, 4) is 0 Å². The quantitative estimate of drug-likeness (QED) is 0.805. The first kappa shape index (κ1) is 16.9. The average molecular weight is 338 g/mol. The van der Waals surface area contributed by atoms with Gasteiger partial charge in [0.05, 0.1) is 0 Å². The number of carbonyl (C=O) groups excluding carboxylic acids is 2. The topological polar surface area (TPSA) is 58.2 Å². The SMILES string of the molecule is Cc1ccc(NC(=O)C2CC2)cc1NC(=O)C=Cc1ccccc1F. The van der Waals surface area contributed by atoms with E-state index in [1.807, 2.05) is 13.0 Å². The summed E-state index contributed by atoms with van der Waals surface area (Å²) in [6.45, 7) is 1.86.